The molecule has 0 aliphatic rings. The number of fused-ring (bicyclic) bond motifs is 1. The summed E-state index contributed by atoms with van der Waals surface area (Å²) in [5.41, 5.74) is 0.421. The van der Waals surface area contributed by atoms with Gasteiger partial charge in [0.15, 0.2) is 6.20 Å². The van der Waals surface area contributed by atoms with E-state index in [0.29, 0.717) is 6.20 Å². The molecule has 0 amide bonds. The van der Waals surface area contributed by atoms with Crippen LogP contribution in [0.5, 0.6) is 0 Å². The van der Waals surface area contributed by atoms with Crippen LogP contribution in [-0.4, -0.2) is 4.98 Å². The van der Waals surface area contributed by atoms with Crippen LogP contribution in [0.1, 0.15) is 5.56 Å². The Labute approximate surface area is 80.0 Å². The van der Waals surface area contributed by atoms with Crippen molar-refractivity contribution in [3.05, 3.63) is 28.5 Å². The van der Waals surface area contributed by atoms with Gasteiger partial charge in [-0.3, -0.25) is 0 Å². The Morgan fingerprint density at radius 3 is 2.79 bits per heavy atom. The highest BCUT2D eigenvalue weighted by Crippen LogP contribution is 2.30. The maximum atomic E-state index is 12.2. The maximum Gasteiger partial charge on any atom is 0.422 e. The third-order valence-corrected chi connectivity index (χ3v) is 2.47. The summed E-state index contributed by atoms with van der Waals surface area (Å²) in [5.74, 6) is 0. The molecule has 3 nitrogen and oxygen atoms in total. The predicted octanol–water partition coefficient (Wildman–Crippen LogP) is 1.95. The number of thiazole rings is 1. The molecule has 0 fully saturated rings. The quantitative estimate of drug-likeness (QED) is 0.503. The minimum absolute atomic E-state index is 0.0693. The van der Waals surface area contributed by atoms with Gasteiger partial charge in [0.1, 0.15) is 11.1 Å². The molecule has 7 heteroatoms. The molecule has 2 rings (SSSR count). The molecule has 2 aromatic rings. The Kier molecular flexibility index (Phi) is 1.84. The smallest absolute Gasteiger partial charge is 0.422 e. The fraction of sp³-hybridized carbons (Fsp3) is 0.143. The Morgan fingerprint density at radius 2 is 2.14 bits per heavy atom. The SMILES string of the molecule is [O-][n+]1cc(C(F)(F)F)cc2ncsc21. The van der Waals surface area contributed by atoms with Gasteiger partial charge in [-0.05, 0) is 6.07 Å². The lowest BCUT2D eigenvalue weighted by atomic mass is 10.3. The number of nitrogens with zero attached hydrogens (tertiary/aromatic N) is 2. The molecule has 0 aliphatic heterocycles. The summed E-state index contributed by atoms with van der Waals surface area (Å²) < 4.78 is 36.9. The van der Waals surface area contributed by atoms with E-state index < -0.39 is 11.7 Å². The molecule has 0 N–H and O–H groups in total. The summed E-state index contributed by atoms with van der Waals surface area (Å²) >= 11 is 1.01. The average molecular weight is 220 g/mol. The van der Waals surface area contributed by atoms with E-state index in [1.807, 2.05) is 0 Å². The predicted molar refractivity (Wildman–Crippen MR) is 43.6 cm³/mol. The molecule has 0 bridgehead atoms. The lowest BCUT2D eigenvalue weighted by molar-refractivity contribution is -0.576. The molecule has 0 aromatic carbocycles. The van der Waals surface area contributed by atoms with Gasteiger partial charge >= 0.3 is 6.18 Å². The Morgan fingerprint density at radius 1 is 1.43 bits per heavy atom. The van der Waals surface area contributed by atoms with Crippen molar-refractivity contribution < 1.29 is 17.9 Å². The number of pyridine rings is 1. The Balaban J connectivity index is 2.70. The van der Waals surface area contributed by atoms with Crippen LogP contribution in [0.4, 0.5) is 13.2 Å². The first-order valence-electron chi connectivity index (χ1n) is 3.52. The fourth-order valence-corrected chi connectivity index (χ4v) is 1.69. The van der Waals surface area contributed by atoms with Crippen molar-refractivity contribution in [2.45, 2.75) is 6.18 Å². The van der Waals surface area contributed by atoms with Crippen LogP contribution >= 0.6 is 11.3 Å². The van der Waals surface area contributed by atoms with Crippen molar-refractivity contribution in [2.75, 3.05) is 0 Å². The fourth-order valence-electron chi connectivity index (χ4n) is 1.04. The molecule has 2 aromatic heterocycles. The van der Waals surface area contributed by atoms with E-state index in [4.69, 9.17) is 0 Å². The summed E-state index contributed by atoms with van der Waals surface area (Å²) in [6.45, 7) is 0. The molecular formula is C7H3F3N2OS. The van der Waals surface area contributed by atoms with Crippen molar-refractivity contribution in [2.24, 2.45) is 0 Å². The Hall–Kier alpha value is -1.37. The minimum Gasteiger partial charge on any atom is -0.618 e. The maximum absolute atomic E-state index is 12.2. The molecule has 2 heterocycles. The molecule has 0 spiro atoms. The van der Waals surface area contributed by atoms with Gasteiger partial charge in [-0.15, -0.1) is 0 Å². The van der Waals surface area contributed by atoms with Gasteiger partial charge in [0.05, 0.1) is 5.51 Å². The zero-order valence-corrected chi connectivity index (χ0v) is 7.39. The first kappa shape index (κ1) is 9.20. The van der Waals surface area contributed by atoms with E-state index in [9.17, 15) is 18.4 Å². The van der Waals surface area contributed by atoms with Crippen LogP contribution < -0.4 is 4.73 Å². The van der Waals surface area contributed by atoms with Gasteiger partial charge in [0.25, 0.3) is 4.83 Å². The summed E-state index contributed by atoms with van der Waals surface area (Å²) in [5, 5.41) is 11.1. The van der Waals surface area contributed by atoms with E-state index in [1.54, 1.807) is 0 Å². The van der Waals surface area contributed by atoms with Gasteiger partial charge in [0, 0.05) is 0 Å². The van der Waals surface area contributed by atoms with Crippen LogP contribution in [0.3, 0.4) is 0 Å². The Bertz CT molecular complexity index is 479. The lowest BCUT2D eigenvalue weighted by Gasteiger charge is -2.05. The molecule has 74 valence electrons. The molecule has 0 atom stereocenters. The summed E-state index contributed by atoms with van der Waals surface area (Å²) in [6, 6.07) is 0.861. The number of rotatable bonds is 0. The second-order valence-corrected chi connectivity index (χ2v) is 3.43. The van der Waals surface area contributed by atoms with Crippen LogP contribution in [0.2, 0.25) is 0 Å². The number of aromatic nitrogens is 2. The third-order valence-electron chi connectivity index (χ3n) is 1.65. The first-order chi connectivity index (χ1) is 6.48. The van der Waals surface area contributed by atoms with Crippen molar-refractivity contribution in [3.63, 3.8) is 0 Å². The van der Waals surface area contributed by atoms with Gasteiger partial charge < -0.3 is 5.21 Å². The molecule has 0 saturated carbocycles. The summed E-state index contributed by atoms with van der Waals surface area (Å²) in [6.07, 6.45) is -4.00. The molecule has 0 radical (unpaired) electrons. The molecule has 14 heavy (non-hydrogen) atoms. The highest BCUT2D eigenvalue weighted by Gasteiger charge is 2.34. The number of hydrogen-bond donors (Lipinski definition) is 0. The van der Waals surface area contributed by atoms with E-state index in [2.05, 4.69) is 4.98 Å². The first-order valence-corrected chi connectivity index (χ1v) is 4.40. The van der Waals surface area contributed by atoms with Gasteiger partial charge in [-0.2, -0.15) is 17.9 Å². The van der Waals surface area contributed by atoms with Crippen LogP contribution in [-0.2, 0) is 6.18 Å². The van der Waals surface area contributed by atoms with Crippen LogP contribution in [0.15, 0.2) is 17.8 Å². The van der Waals surface area contributed by atoms with Gasteiger partial charge in [0.2, 0.25) is 0 Å². The average Bonchev–Trinajstić information content (AvgIpc) is 2.50. The van der Waals surface area contributed by atoms with E-state index in [1.165, 1.54) is 5.51 Å². The van der Waals surface area contributed by atoms with Crippen LogP contribution in [0, 0.1) is 5.21 Å². The van der Waals surface area contributed by atoms with E-state index in [-0.39, 0.29) is 15.1 Å². The summed E-state index contributed by atoms with van der Waals surface area (Å²) in [7, 11) is 0. The summed E-state index contributed by atoms with van der Waals surface area (Å²) in [4.78, 5) is 3.83. The van der Waals surface area contributed by atoms with Crippen molar-refractivity contribution >= 4 is 21.7 Å². The lowest BCUT2D eigenvalue weighted by Crippen LogP contribution is -2.27. The van der Waals surface area contributed by atoms with Gasteiger partial charge in [-0.1, -0.05) is 11.3 Å². The number of alkyl halides is 3. The zero-order chi connectivity index (χ0) is 10.3. The molecule has 0 aliphatic carbocycles. The molecule has 0 saturated heterocycles. The highest BCUT2D eigenvalue weighted by atomic mass is 32.1. The van der Waals surface area contributed by atoms with Crippen molar-refractivity contribution in [1.29, 1.82) is 0 Å². The molecule has 0 unspecified atom stereocenters. The standard InChI is InChI=1S/C7H3F3N2OS/c8-7(9,10)4-1-5-6(12(13)2-4)14-3-11-5/h1-3H. The number of hydrogen-bond acceptors (Lipinski definition) is 3. The number of halogens is 3. The topological polar surface area (TPSA) is 39.8 Å². The van der Waals surface area contributed by atoms with Crippen LogP contribution in [0.25, 0.3) is 10.3 Å². The monoisotopic (exact) mass is 220 g/mol. The largest absolute Gasteiger partial charge is 0.618 e. The van der Waals surface area contributed by atoms with Crippen molar-refractivity contribution in [1.82, 2.24) is 4.98 Å². The second kappa shape index (κ2) is 2.81. The third kappa shape index (κ3) is 1.39. The second-order valence-electron chi connectivity index (χ2n) is 2.60. The molecular weight excluding hydrogens is 217 g/mol. The van der Waals surface area contributed by atoms with E-state index >= 15 is 0 Å². The van der Waals surface area contributed by atoms with E-state index in [0.717, 1.165) is 17.4 Å². The normalized spacial score (nSPS) is 12.2. The zero-order valence-electron chi connectivity index (χ0n) is 6.58. The van der Waals surface area contributed by atoms with Crippen molar-refractivity contribution in [3.8, 4) is 0 Å². The highest BCUT2D eigenvalue weighted by molar-refractivity contribution is 7.15. The minimum atomic E-state index is -4.51. The van der Waals surface area contributed by atoms with Gasteiger partial charge in [-0.25, -0.2) is 4.98 Å².